The molecule has 0 aliphatic carbocycles. The number of unbranched alkanes of at least 4 members (excludes halogenated alkanes) is 3. The van der Waals surface area contributed by atoms with Crippen molar-refractivity contribution in [3.05, 3.63) is 109 Å². The van der Waals surface area contributed by atoms with Gasteiger partial charge in [-0.1, -0.05) is 30.7 Å². The van der Waals surface area contributed by atoms with Gasteiger partial charge in [-0.05, 0) is 55.7 Å². The maximum absolute atomic E-state index is 13.5. The Morgan fingerprint density at radius 2 is 1.28 bits per heavy atom. The number of anilines is 2. The third-order valence-electron chi connectivity index (χ3n) is 10.4. The van der Waals surface area contributed by atoms with Crippen molar-refractivity contribution in [2.24, 2.45) is 0 Å². The molecule has 12 heteroatoms. The Bertz CT molecular complexity index is 2160. The average molecular weight is 733 g/mol. The Balaban J connectivity index is 0.00000497. The molecule has 0 saturated carbocycles. The van der Waals surface area contributed by atoms with Crippen molar-refractivity contribution in [2.75, 3.05) is 56.7 Å². The van der Waals surface area contributed by atoms with Crippen LogP contribution in [0.3, 0.4) is 0 Å². The summed E-state index contributed by atoms with van der Waals surface area (Å²) in [5.74, 6) is -1.12. The molecule has 3 heterocycles. The molecule has 54 heavy (non-hydrogen) atoms. The highest BCUT2D eigenvalue weighted by atomic mass is 16.3. The summed E-state index contributed by atoms with van der Waals surface area (Å²) in [4.78, 5) is 56.8. The first-order valence-electron chi connectivity index (χ1n) is 18.4. The minimum absolute atomic E-state index is 0. The van der Waals surface area contributed by atoms with E-state index in [1.807, 2.05) is 41.3 Å². The van der Waals surface area contributed by atoms with E-state index in [2.05, 4.69) is 33.2 Å². The first kappa shape index (κ1) is 38.1. The second-order valence-corrected chi connectivity index (χ2v) is 13.7. The highest BCUT2D eigenvalue weighted by Crippen LogP contribution is 2.37. The highest BCUT2D eigenvalue weighted by molar-refractivity contribution is 6.27. The standard InChI is InChI=1S/C41H44N6O6.CH3/c1-43-38(50)30-11-6-9-28-34(15-13-32(36(28)30)39(43)51)42-17-8-19-45-22-21-44(27-45)18-4-2-3-5-20-47-40(52)31-12-7-10-29-35(46(23-25-48)24-26-49)16-14-33(37(29)31)41(47)53;/h6-7,9-16,21-22,27,48-49H,2-5,8,17-20,23-26H2,1H3;1H3/q;-1/p+1. The van der Waals surface area contributed by atoms with Crippen molar-refractivity contribution in [3.63, 3.8) is 0 Å². The van der Waals surface area contributed by atoms with Crippen LogP contribution in [-0.4, -0.2) is 94.6 Å². The lowest BCUT2D eigenvalue weighted by atomic mass is 9.92. The Morgan fingerprint density at radius 1 is 0.685 bits per heavy atom. The van der Waals surface area contributed by atoms with Gasteiger partial charge in [0.2, 0.25) is 6.33 Å². The van der Waals surface area contributed by atoms with Crippen molar-refractivity contribution in [1.82, 2.24) is 14.4 Å². The molecule has 3 N–H and O–H groups in total. The maximum Gasteiger partial charge on any atom is 0.261 e. The van der Waals surface area contributed by atoms with Gasteiger partial charge in [-0.25, -0.2) is 9.13 Å². The zero-order valence-electron chi connectivity index (χ0n) is 31.0. The van der Waals surface area contributed by atoms with Crippen LogP contribution in [0.25, 0.3) is 21.5 Å². The lowest BCUT2D eigenvalue weighted by Gasteiger charge is -2.30. The molecule has 12 nitrogen and oxygen atoms in total. The number of aromatic nitrogens is 2. The second-order valence-electron chi connectivity index (χ2n) is 13.7. The zero-order valence-corrected chi connectivity index (χ0v) is 31.0. The maximum atomic E-state index is 13.5. The molecule has 5 aromatic rings. The molecule has 4 aromatic carbocycles. The number of imide groups is 2. The largest absolute Gasteiger partial charge is 0.395 e. The van der Waals surface area contributed by atoms with Gasteiger partial charge in [0.1, 0.15) is 12.4 Å². The average Bonchev–Trinajstić information content (AvgIpc) is 3.63. The highest BCUT2D eigenvalue weighted by Gasteiger charge is 2.34. The fraction of sp³-hybridized carbons (Fsp3) is 0.333. The molecule has 7 rings (SSSR count). The number of aliphatic hydroxyl groups excluding tert-OH is 2. The summed E-state index contributed by atoms with van der Waals surface area (Å²) in [6, 6.07) is 18.4. The number of nitrogens with one attached hydrogen (secondary N) is 1. The summed E-state index contributed by atoms with van der Waals surface area (Å²) in [5, 5.41) is 25.6. The van der Waals surface area contributed by atoms with Gasteiger partial charge in [-0.15, -0.1) is 0 Å². The molecule has 0 unspecified atom stereocenters. The topological polar surface area (TPSA) is 139 Å². The molecule has 282 valence electrons. The van der Waals surface area contributed by atoms with Crippen LogP contribution in [0.15, 0.2) is 79.4 Å². The summed E-state index contributed by atoms with van der Waals surface area (Å²) in [6.45, 7) is 3.32. The third-order valence-corrected chi connectivity index (χ3v) is 10.4. The first-order chi connectivity index (χ1) is 25.8. The normalized spacial score (nSPS) is 13.6. The number of amides is 4. The first-order valence-corrected chi connectivity index (χ1v) is 18.4. The van der Waals surface area contributed by atoms with E-state index < -0.39 is 0 Å². The van der Waals surface area contributed by atoms with Crippen molar-refractivity contribution >= 4 is 56.5 Å². The molecule has 1 aromatic heterocycles. The molecule has 2 aliphatic rings. The van der Waals surface area contributed by atoms with Crippen molar-refractivity contribution in [2.45, 2.75) is 45.2 Å². The van der Waals surface area contributed by atoms with E-state index in [9.17, 15) is 29.4 Å². The predicted octanol–water partition coefficient (Wildman–Crippen LogP) is 4.91. The monoisotopic (exact) mass is 732 g/mol. The fourth-order valence-corrected chi connectivity index (χ4v) is 7.68. The van der Waals surface area contributed by atoms with Gasteiger partial charge in [0.25, 0.3) is 23.6 Å². The van der Waals surface area contributed by atoms with E-state index in [0.29, 0.717) is 52.7 Å². The summed E-state index contributed by atoms with van der Waals surface area (Å²) < 4.78 is 4.34. The number of aryl methyl sites for hydroxylation is 2. The molecule has 4 amide bonds. The van der Waals surface area contributed by atoms with Crippen molar-refractivity contribution < 1.29 is 34.0 Å². The number of hydrogen-bond acceptors (Lipinski definition) is 8. The molecule has 0 saturated heterocycles. The van der Waals surface area contributed by atoms with Crippen LogP contribution in [0.2, 0.25) is 0 Å². The van der Waals surface area contributed by atoms with Crippen LogP contribution in [-0.2, 0) is 13.1 Å². The summed E-state index contributed by atoms with van der Waals surface area (Å²) >= 11 is 0. The zero-order chi connectivity index (χ0) is 37.1. The van der Waals surface area contributed by atoms with Gasteiger partial charge in [-0.3, -0.25) is 29.0 Å². The van der Waals surface area contributed by atoms with Gasteiger partial charge < -0.3 is 27.9 Å². The summed E-state index contributed by atoms with van der Waals surface area (Å²) in [6.07, 6.45) is 10.7. The van der Waals surface area contributed by atoms with E-state index in [0.717, 1.165) is 73.9 Å². The number of rotatable bonds is 17. The molecule has 0 bridgehead atoms. The second kappa shape index (κ2) is 16.6. The van der Waals surface area contributed by atoms with Gasteiger partial charge in [0, 0.05) is 94.8 Å². The number of aliphatic hydroxyl groups is 2. The fourth-order valence-electron chi connectivity index (χ4n) is 7.68. The molecule has 0 atom stereocenters. The molecular formula is C42H48N6O6. The van der Waals surface area contributed by atoms with E-state index >= 15 is 0 Å². The molecular weight excluding hydrogens is 684 g/mol. The van der Waals surface area contributed by atoms with Crippen LogP contribution >= 0.6 is 0 Å². The Labute approximate surface area is 315 Å². The summed E-state index contributed by atoms with van der Waals surface area (Å²) in [7, 11) is 1.52. The lowest BCUT2D eigenvalue weighted by molar-refractivity contribution is -0.696. The van der Waals surface area contributed by atoms with Crippen molar-refractivity contribution in [3.8, 4) is 0 Å². The van der Waals surface area contributed by atoms with E-state index in [4.69, 9.17) is 0 Å². The minimum Gasteiger partial charge on any atom is -0.395 e. The van der Waals surface area contributed by atoms with Gasteiger partial charge in [0.15, 0.2) is 0 Å². The molecule has 0 radical (unpaired) electrons. The van der Waals surface area contributed by atoms with E-state index in [1.54, 1.807) is 24.3 Å². The Hall–Kier alpha value is -5.59. The van der Waals surface area contributed by atoms with Crippen LogP contribution in [0.1, 0.15) is 73.5 Å². The van der Waals surface area contributed by atoms with Crippen LogP contribution in [0, 0.1) is 7.43 Å². The Kier molecular flexibility index (Phi) is 11.7. The number of carbonyl (C=O) groups excluding carboxylic acids is 4. The van der Waals surface area contributed by atoms with Crippen molar-refractivity contribution in [1.29, 1.82) is 0 Å². The SMILES string of the molecule is CN1C(=O)c2cccc3c(NCCC[n+]4ccn(CCCCCCN5C(=O)c6cccc7c(N(CCO)CCO)ccc(c67)C5=O)c4)ccc(c23)C1=O.[CH3-]. The van der Waals surface area contributed by atoms with Gasteiger partial charge in [0.05, 0.1) is 26.3 Å². The molecule has 2 aliphatic heterocycles. The lowest BCUT2D eigenvalue weighted by Crippen LogP contribution is -2.41. The number of benzene rings is 4. The predicted molar refractivity (Wildman–Crippen MR) is 209 cm³/mol. The number of nitrogens with zero attached hydrogens (tertiary/aromatic N) is 5. The minimum atomic E-state index is -0.283. The number of carbonyl (C=O) groups is 4. The van der Waals surface area contributed by atoms with Gasteiger partial charge >= 0.3 is 0 Å². The summed E-state index contributed by atoms with van der Waals surface area (Å²) in [5.41, 5.74) is 3.80. The van der Waals surface area contributed by atoms with Crippen LogP contribution in [0.4, 0.5) is 11.4 Å². The number of hydrogen-bond donors (Lipinski definition) is 3. The Morgan fingerprint density at radius 3 is 1.98 bits per heavy atom. The molecule has 0 spiro atoms. The van der Waals surface area contributed by atoms with E-state index in [-0.39, 0.29) is 44.3 Å². The van der Waals surface area contributed by atoms with E-state index in [1.165, 1.54) is 16.8 Å². The van der Waals surface area contributed by atoms with Crippen LogP contribution in [0.5, 0.6) is 0 Å². The van der Waals surface area contributed by atoms with Gasteiger partial charge in [-0.2, -0.15) is 0 Å². The van der Waals surface area contributed by atoms with Crippen LogP contribution < -0.4 is 14.8 Å². The third kappa shape index (κ3) is 7.19. The number of imidazole rings is 1. The molecule has 0 fully saturated rings. The smallest absolute Gasteiger partial charge is 0.261 e. The quantitative estimate of drug-likeness (QED) is 0.0531.